The fraction of sp³-hybridized carbons (Fsp3) is 0.391. The molecular weight excluding hydrogens is 447 g/mol. The van der Waals surface area contributed by atoms with Crippen LogP contribution in [-0.2, 0) is 16.0 Å². The summed E-state index contributed by atoms with van der Waals surface area (Å²) >= 11 is 12.2. The van der Waals surface area contributed by atoms with Crippen molar-refractivity contribution in [2.24, 2.45) is 11.8 Å². The monoisotopic (exact) mass is 469 g/mol. The first kappa shape index (κ1) is 23.5. The number of alkyl halides is 2. The Morgan fingerprint density at radius 1 is 1.19 bits per heavy atom. The Hall–Kier alpha value is -2.18. The largest absolute Gasteiger partial charge is 0.481 e. The van der Waals surface area contributed by atoms with Crippen molar-refractivity contribution in [2.75, 3.05) is 5.32 Å². The summed E-state index contributed by atoms with van der Waals surface area (Å²) in [6, 6.07) is 11.2. The molecular formula is C23H23Cl2F2NO3. The maximum atomic E-state index is 14.6. The summed E-state index contributed by atoms with van der Waals surface area (Å²) in [5, 5.41) is 12.5. The number of anilines is 1. The standard InChI is InChI=1S/C23H23Cl2F2NO3/c1-13(22(30)31)11-14-4-9-18(25)19(12-14)28-21(29)20(15-5-7-16(24)8-6-15)17-3-2-10-23(17,26)27/h4-9,12-13,17,20H,2-3,10-11H2,1H3,(H,28,29)(H,30,31)/t13-,17?,20?/m0/s1. The van der Waals surface area contributed by atoms with Gasteiger partial charge in [-0.15, -0.1) is 0 Å². The zero-order valence-electron chi connectivity index (χ0n) is 16.9. The highest BCUT2D eigenvalue weighted by atomic mass is 35.5. The first-order valence-electron chi connectivity index (χ1n) is 10.0. The number of carboxylic acid groups (broad SMARTS) is 1. The van der Waals surface area contributed by atoms with E-state index < -0.39 is 35.6 Å². The van der Waals surface area contributed by atoms with Crippen molar-refractivity contribution in [3.05, 3.63) is 63.6 Å². The van der Waals surface area contributed by atoms with Gasteiger partial charge in [-0.3, -0.25) is 9.59 Å². The van der Waals surface area contributed by atoms with Crippen LogP contribution in [0, 0.1) is 11.8 Å². The number of amides is 1. The first-order chi connectivity index (χ1) is 14.6. The summed E-state index contributed by atoms with van der Waals surface area (Å²) in [5.41, 5.74) is 1.39. The van der Waals surface area contributed by atoms with Crippen molar-refractivity contribution in [1.82, 2.24) is 0 Å². The molecule has 3 rings (SSSR count). The van der Waals surface area contributed by atoms with Crippen LogP contribution in [0.15, 0.2) is 42.5 Å². The van der Waals surface area contributed by atoms with E-state index in [1.165, 1.54) is 0 Å². The molecule has 0 heterocycles. The van der Waals surface area contributed by atoms with E-state index in [4.69, 9.17) is 28.3 Å². The lowest BCUT2D eigenvalue weighted by molar-refractivity contribution is -0.141. The molecule has 0 radical (unpaired) electrons. The molecule has 0 aliphatic heterocycles. The van der Waals surface area contributed by atoms with Crippen LogP contribution in [0.4, 0.5) is 14.5 Å². The summed E-state index contributed by atoms with van der Waals surface area (Å²) in [7, 11) is 0. The fourth-order valence-electron chi connectivity index (χ4n) is 4.05. The van der Waals surface area contributed by atoms with Crippen LogP contribution in [0.2, 0.25) is 10.0 Å². The van der Waals surface area contributed by atoms with Crippen molar-refractivity contribution >= 4 is 40.8 Å². The number of hydrogen-bond acceptors (Lipinski definition) is 2. The SMILES string of the molecule is C[C@@H](Cc1ccc(Cl)c(NC(=O)C(c2ccc(Cl)cc2)C2CCCC2(F)F)c1)C(=O)O. The van der Waals surface area contributed by atoms with Crippen LogP contribution in [0.3, 0.4) is 0 Å². The molecule has 3 atom stereocenters. The van der Waals surface area contributed by atoms with Crippen molar-refractivity contribution in [3.8, 4) is 0 Å². The van der Waals surface area contributed by atoms with Gasteiger partial charge in [0.15, 0.2) is 0 Å². The van der Waals surface area contributed by atoms with E-state index in [1.807, 2.05) is 0 Å². The predicted molar refractivity (Wildman–Crippen MR) is 117 cm³/mol. The Morgan fingerprint density at radius 2 is 1.87 bits per heavy atom. The molecule has 2 unspecified atom stereocenters. The van der Waals surface area contributed by atoms with Gasteiger partial charge in [0.1, 0.15) is 0 Å². The highest BCUT2D eigenvalue weighted by Gasteiger charge is 2.50. The lowest BCUT2D eigenvalue weighted by Crippen LogP contribution is -2.35. The normalized spacial score (nSPS) is 19.6. The van der Waals surface area contributed by atoms with E-state index >= 15 is 0 Å². The summed E-state index contributed by atoms with van der Waals surface area (Å²) in [6.45, 7) is 1.58. The highest BCUT2D eigenvalue weighted by Crippen LogP contribution is 2.48. The third kappa shape index (κ3) is 5.55. The molecule has 8 heteroatoms. The van der Waals surface area contributed by atoms with Gasteiger partial charge in [-0.25, -0.2) is 8.78 Å². The van der Waals surface area contributed by atoms with Crippen molar-refractivity contribution < 1.29 is 23.5 Å². The Morgan fingerprint density at radius 3 is 2.45 bits per heavy atom. The van der Waals surface area contributed by atoms with E-state index in [-0.39, 0.29) is 30.0 Å². The van der Waals surface area contributed by atoms with Gasteiger partial charge in [0, 0.05) is 17.4 Å². The minimum absolute atomic E-state index is 0.234. The second kappa shape index (κ2) is 9.53. The molecule has 2 aromatic rings. The Bertz CT molecular complexity index is 966. The molecule has 4 nitrogen and oxygen atoms in total. The minimum atomic E-state index is -2.95. The number of halogens is 4. The van der Waals surface area contributed by atoms with Crippen LogP contribution in [-0.4, -0.2) is 22.9 Å². The van der Waals surface area contributed by atoms with Gasteiger partial charge < -0.3 is 10.4 Å². The number of aliphatic carboxylic acids is 1. The highest BCUT2D eigenvalue weighted by molar-refractivity contribution is 6.33. The Kier molecular flexibility index (Phi) is 7.22. The number of hydrogen-bond donors (Lipinski definition) is 2. The smallest absolute Gasteiger partial charge is 0.306 e. The van der Waals surface area contributed by atoms with Crippen LogP contribution in [0.25, 0.3) is 0 Å². The molecule has 2 N–H and O–H groups in total. The van der Waals surface area contributed by atoms with E-state index in [0.29, 0.717) is 22.6 Å². The maximum absolute atomic E-state index is 14.6. The van der Waals surface area contributed by atoms with Gasteiger partial charge >= 0.3 is 5.97 Å². The second-order valence-electron chi connectivity index (χ2n) is 8.04. The lowest BCUT2D eigenvalue weighted by Gasteiger charge is -2.28. The predicted octanol–water partition coefficient (Wildman–Crippen LogP) is 6.41. The van der Waals surface area contributed by atoms with Gasteiger partial charge in [0.05, 0.1) is 22.5 Å². The van der Waals surface area contributed by atoms with E-state index in [9.17, 15) is 18.4 Å². The minimum Gasteiger partial charge on any atom is -0.481 e. The molecule has 2 aromatic carbocycles. The van der Waals surface area contributed by atoms with Crippen molar-refractivity contribution in [2.45, 2.75) is 44.4 Å². The molecule has 1 aliphatic carbocycles. The van der Waals surface area contributed by atoms with E-state index in [1.54, 1.807) is 49.4 Å². The summed E-state index contributed by atoms with van der Waals surface area (Å²) < 4.78 is 29.2. The lowest BCUT2D eigenvalue weighted by atomic mass is 9.82. The van der Waals surface area contributed by atoms with Gasteiger partial charge in [-0.2, -0.15) is 0 Å². The second-order valence-corrected chi connectivity index (χ2v) is 8.88. The fourth-order valence-corrected chi connectivity index (χ4v) is 4.34. The molecule has 1 fully saturated rings. The molecule has 0 aromatic heterocycles. The molecule has 1 aliphatic rings. The topological polar surface area (TPSA) is 66.4 Å². The average Bonchev–Trinajstić information content (AvgIpc) is 3.05. The molecule has 0 saturated heterocycles. The summed E-state index contributed by atoms with van der Waals surface area (Å²) in [5.74, 6) is -7.31. The first-order valence-corrected chi connectivity index (χ1v) is 10.8. The van der Waals surface area contributed by atoms with Gasteiger partial charge in [-0.1, -0.05) is 48.3 Å². The number of nitrogens with one attached hydrogen (secondary N) is 1. The quantitative estimate of drug-likeness (QED) is 0.491. The Balaban J connectivity index is 1.90. The van der Waals surface area contributed by atoms with Gasteiger partial charge in [0.25, 0.3) is 5.92 Å². The molecule has 1 saturated carbocycles. The molecule has 0 spiro atoms. The number of carboxylic acids is 1. The van der Waals surface area contributed by atoms with Crippen LogP contribution >= 0.6 is 23.2 Å². The molecule has 0 bridgehead atoms. The number of carbonyl (C=O) groups excluding carboxylic acids is 1. The third-order valence-corrected chi connectivity index (χ3v) is 6.32. The molecule has 1 amide bonds. The van der Waals surface area contributed by atoms with E-state index in [2.05, 4.69) is 5.32 Å². The van der Waals surface area contributed by atoms with Gasteiger partial charge in [-0.05, 0) is 54.7 Å². The van der Waals surface area contributed by atoms with Crippen LogP contribution < -0.4 is 5.32 Å². The van der Waals surface area contributed by atoms with Crippen LogP contribution in [0.1, 0.15) is 43.2 Å². The van der Waals surface area contributed by atoms with Crippen molar-refractivity contribution in [1.29, 1.82) is 0 Å². The molecule has 31 heavy (non-hydrogen) atoms. The Labute approximate surface area is 189 Å². The van der Waals surface area contributed by atoms with E-state index in [0.717, 1.165) is 0 Å². The average molecular weight is 470 g/mol. The number of benzene rings is 2. The van der Waals surface area contributed by atoms with Gasteiger partial charge in [0.2, 0.25) is 5.91 Å². The zero-order chi connectivity index (χ0) is 22.8. The van der Waals surface area contributed by atoms with Crippen LogP contribution in [0.5, 0.6) is 0 Å². The number of carbonyl (C=O) groups is 2. The molecule has 166 valence electrons. The summed E-state index contributed by atoms with van der Waals surface area (Å²) in [6.07, 6.45) is 0.574. The third-order valence-electron chi connectivity index (χ3n) is 5.73. The zero-order valence-corrected chi connectivity index (χ0v) is 18.4. The van der Waals surface area contributed by atoms with Crippen molar-refractivity contribution in [3.63, 3.8) is 0 Å². The number of rotatable bonds is 7. The summed E-state index contributed by atoms with van der Waals surface area (Å²) in [4.78, 5) is 24.4. The maximum Gasteiger partial charge on any atom is 0.306 e.